The van der Waals surface area contributed by atoms with Crippen molar-refractivity contribution in [1.29, 1.82) is 0 Å². The standard InChI is InChI=1S/C18H22N6O/c1-2-22-10-7-14-5-6-15(12-17(14)22)20-18(25)23-9-3-4-16(13-23)24-11-8-19-21-24/h5-8,10-12,16H,2-4,9,13H2,1H3,(H,20,25)/t16-/m1/s1. The summed E-state index contributed by atoms with van der Waals surface area (Å²) in [5.74, 6) is 0. The molecule has 3 aromatic rings. The number of carbonyl (C=O) groups is 1. The van der Waals surface area contributed by atoms with Crippen LogP contribution >= 0.6 is 0 Å². The number of aromatic nitrogens is 4. The maximum Gasteiger partial charge on any atom is 0.321 e. The van der Waals surface area contributed by atoms with Crippen molar-refractivity contribution in [1.82, 2.24) is 24.5 Å². The number of fused-ring (bicyclic) bond motifs is 1. The number of likely N-dealkylation sites (tertiary alicyclic amines) is 1. The highest BCUT2D eigenvalue weighted by Gasteiger charge is 2.25. The number of nitrogens with one attached hydrogen (secondary N) is 1. The first-order valence-corrected chi connectivity index (χ1v) is 8.75. The van der Waals surface area contributed by atoms with Crippen LogP contribution in [0.25, 0.3) is 10.9 Å². The molecule has 25 heavy (non-hydrogen) atoms. The zero-order chi connectivity index (χ0) is 17.2. The Labute approximate surface area is 146 Å². The molecule has 1 fully saturated rings. The first-order valence-electron chi connectivity index (χ1n) is 8.75. The van der Waals surface area contributed by atoms with E-state index in [0.717, 1.165) is 37.1 Å². The van der Waals surface area contributed by atoms with Gasteiger partial charge in [-0.15, -0.1) is 5.10 Å². The van der Waals surface area contributed by atoms with E-state index in [1.54, 1.807) is 6.20 Å². The zero-order valence-electron chi connectivity index (χ0n) is 14.3. The van der Waals surface area contributed by atoms with Crippen LogP contribution in [0.3, 0.4) is 0 Å². The average molecular weight is 338 g/mol. The summed E-state index contributed by atoms with van der Waals surface area (Å²) >= 11 is 0. The van der Waals surface area contributed by atoms with E-state index in [-0.39, 0.29) is 12.1 Å². The average Bonchev–Trinajstić information content (AvgIpc) is 3.31. The number of piperidine rings is 1. The highest BCUT2D eigenvalue weighted by Crippen LogP contribution is 2.23. The molecule has 0 bridgehead atoms. The normalized spacial score (nSPS) is 17.8. The van der Waals surface area contributed by atoms with Crippen molar-refractivity contribution >= 4 is 22.6 Å². The Morgan fingerprint density at radius 1 is 1.32 bits per heavy atom. The lowest BCUT2D eigenvalue weighted by Crippen LogP contribution is -2.43. The van der Waals surface area contributed by atoms with Crippen molar-refractivity contribution in [2.75, 3.05) is 18.4 Å². The molecule has 1 aliphatic rings. The molecule has 1 aromatic carbocycles. The van der Waals surface area contributed by atoms with Gasteiger partial charge >= 0.3 is 6.03 Å². The van der Waals surface area contributed by atoms with Crippen molar-refractivity contribution in [3.8, 4) is 0 Å². The van der Waals surface area contributed by atoms with Gasteiger partial charge in [-0.3, -0.25) is 0 Å². The number of hydrogen-bond acceptors (Lipinski definition) is 3. The minimum Gasteiger partial charge on any atom is -0.348 e. The van der Waals surface area contributed by atoms with Gasteiger partial charge in [0.2, 0.25) is 0 Å². The second-order valence-corrected chi connectivity index (χ2v) is 6.43. The molecule has 0 saturated carbocycles. The number of nitrogens with zero attached hydrogens (tertiary/aromatic N) is 5. The third-order valence-corrected chi connectivity index (χ3v) is 4.86. The lowest BCUT2D eigenvalue weighted by atomic mass is 10.1. The smallest absolute Gasteiger partial charge is 0.321 e. The van der Waals surface area contributed by atoms with Crippen molar-refractivity contribution in [3.05, 3.63) is 42.9 Å². The highest BCUT2D eigenvalue weighted by molar-refractivity contribution is 5.93. The van der Waals surface area contributed by atoms with Gasteiger partial charge < -0.3 is 14.8 Å². The SMILES string of the molecule is CCn1ccc2ccc(NC(=O)N3CCC[C@@H](n4ccnn4)C3)cc21. The summed E-state index contributed by atoms with van der Waals surface area (Å²) in [5.41, 5.74) is 1.97. The van der Waals surface area contributed by atoms with Gasteiger partial charge in [0.25, 0.3) is 0 Å². The maximum atomic E-state index is 12.7. The predicted octanol–water partition coefficient (Wildman–Crippen LogP) is 3.12. The van der Waals surface area contributed by atoms with Crippen LogP contribution in [-0.4, -0.2) is 43.6 Å². The van der Waals surface area contributed by atoms with Gasteiger partial charge in [0.1, 0.15) is 0 Å². The summed E-state index contributed by atoms with van der Waals surface area (Å²) in [6, 6.07) is 8.28. The van der Waals surface area contributed by atoms with Gasteiger partial charge in [0.05, 0.1) is 17.8 Å². The molecule has 7 nitrogen and oxygen atoms in total. The van der Waals surface area contributed by atoms with Crippen molar-refractivity contribution in [2.45, 2.75) is 32.4 Å². The van der Waals surface area contributed by atoms with Crippen LogP contribution in [0.1, 0.15) is 25.8 Å². The molecule has 0 unspecified atom stereocenters. The third kappa shape index (κ3) is 3.09. The van der Waals surface area contributed by atoms with Crippen LogP contribution in [0.5, 0.6) is 0 Å². The molecule has 2 aromatic heterocycles. The largest absolute Gasteiger partial charge is 0.348 e. The Morgan fingerprint density at radius 3 is 3.04 bits per heavy atom. The van der Waals surface area contributed by atoms with E-state index in [1.807, 2.05) is 34.0 Å². The summed E-state index contributed by atoms with van der Waals surface area (Å²) in [6.07, 6.45) is 7.60. The first kappa shape index (κ1) is 15.7. The summed E-state index contributed by atoms with van der Waals surface area (Å²) in [6.45, 7) is 4.45. The summed E-state index contributed by atoms with van der Waals surface area (Å²) in [4.78, 5) is 14.5. The van der Waals surface area contributed by atoms with E-state index in [9.17, 15) is 4.79 Å². The van der Waals surface area contributed by atoms with Gasteiger partial charge in [-0.25, -0.2) is 9.48 Å². The topological polar surface area (TPSA) is 68.0 Å². The van der Waals surface area contributed by atoms with Gasteiger partial charge in [-0.1, -0.05) is 11.3 Å². The highest BCUT2D eigenvalue weighted by atomic mass is 16.2. The van der Waals surface area contributed by atoms with E-state index in [2.05, 4.69) is 39.4 Å². The minimum absolute atomic E-state index is 0.0567. The number of anilines is 1. The van der Waals surface area contributed by atoms with Crippen molar-refractivity contribution in [3.63, 3.8) is 0 Å². The zero-order valence-corrected chi connectivity index (χ0v) is 14.3. The van der Waals surface area contributed by atoms with Gasteiger partial charge in [-0.2, -0.15) is 0 Å². The van der Waals surface area contributed by atoms with Crippen LogP contribution < -0.4 is 5.32 Å². The summed E-state index contributed by atoms with van der Waals surface area (Å²) in [7, 11) is 0. The Hall–Kier alpha value is -2.83. The molecule has 0 radical (unpaired) electrons. The first-order chi connectivity index (χ1) is 12.2. The molecule has 2 amide bonds. The number of aryl methyl sites for hydroxylation is 1. The number of urea groups is 1. The molecule has 1 N–H and O–H groups in total. The summed E-state index contributed by atoms with van der Waals surface area (Å²) < 4.78 is 4.02. The molecular weight excluding hydrogens is 316 g/mol. The minimum atomic E-state index is -0.0567. The van der Waals surface area contributed by atoms with Crippen LogP contribution in [0.4, 0.5) is 10.5 Å². The van der Waals surface area contributed by atoms with Crippen LogP contribution in [0.15, 0.2) is 42.9 Å². The monoisotopic (exact) mass is 338 g/mol. The van der Waals surface area contributed by atoms with E-state index >= 15 is 0 Å². The van der Waals surface area contributed by atoms with E-state index in [1.165, 1.54) is 5.39 Å². The fourth-order valence-corrected chi connectivity index (χ4v) is 3.51. The van der Waals surface area contributed by atoms with Gasteiger partial charge in [0.15, 0.2) is 0 Å². The van der Waals surface area contributed by atoms with Gasteiger partial charge in [-0.05, 0) is 43.4 Å². The van der Waals surface area contributed by atoms with Crippen LogP contribution in [0, 0.1) is 0 Å². The summed E-state index contributed by atoms with van der Waals surface area (Å²) in [5, 5.41) is 12.2. The molecule has 3 heterocycles. The number of benzene rings is 1. The Kier molecular flexibility index (Phi) is 4.13. The quantitative estimate of drug-likeness (QED) is 0.798. The van der Waals surface area contributed by atoms with Crippen LogP contribution in [-0.2, 0) is 6.54 Å². The van der Waals surface area contributed by atoms with Crippen molar-refractivity contribution in [2.24, 2.45) is 0 Å². The molecular formula is C18H22N6O. The number of amides is 2. The van der Waals surface area contributed by atoms with Gasteiger partial charge in [0, 0.05) is 37.7 Å². The predicted molar refractivity (Wildman–Crippen MR) is 96.5 cm³/mol. The molecule has 1 atom stereocenters. The number of hydrogen-bond donors (Lipinski definition) is 1. The molecule has 4 rings (SSSR count). The second-order valence-electron chi connectivity index (χ2n) is 6.43. The van der Waals surface area contributed by atoms with Crippen molar-refractivity contribution < 1.29 is 4.79 Å². The Bertz CT molecular complexity index is 869. The molecule has 130 valence electrons. The van der Waals surface area contributed by atoms with E-state index in [4.69, 9.17) is 0 Å². The maximum absolute atomic E-state index is 12.7. The Balaban J connectivity index is 1.47. The molecule has 1 saturated heterocycles. The lowest BCUT2D eigenvalue weighted by molar-refractivity contribution is 0.174. The van der Waals surface area contributed by atoms with E-state index in [0.29, 0.717) is 6.54 Å². The number of carbonyl (C=O) groups excluding carboxylic acids is 1. The van der Waals surface area contributed by atoms with Crippen LogP contribution in [0.2, 0.25) is 0 Å². The molecule has 0 spiro atoms. The second kappa shape index (κ2) is 6.58. The number of rotatable bonds is 3. The molecule has 7 heteroatoms. The lowest BCUT2D eigenvalue weighted by Gasteiger charge is -2.32. The molecule has 0 aliphatic carbocycles. The molecule has 1 aliphatic heterocycles. The fraction of sp³-hybridized carbons (Fsp3) is 0.389. The Morgan fingerprint density at radius 2 is 2.24 bits per heavy atom. The third-order valence-electron chi connectivity index (χ3n) is 4.86. The van der Waals surface area contributed by atoms with E-state index < -0.39 is 0 Å². The fourth-order valence-electron chi connectivity index (χ4n) is 3.51.